The van der Waals surface area contributed by atoms with Gasteiger partial charge in [-0.3, -0.25) is 4.79 Å². The van der Waals surface area contributed by atoms with Crippen LogP contribution in [0, 0.1) is 0 Å². The zero-order chi connectivity index (χ0) is 70.6. The van der Waals surface area contributed by atoms with E-state index >= 15 is 0 Å². The van der Waals surface area contributed by atoms with Crippen molar-refractivity contribution in [3.8, 4) is 0 Å². The summed E-state index contributed by atoms with van der Waals surface area (Å²) in [5.74, 6) is -0.716. The molecule has 1 heterocycles. The van der Waals surface area contributed by atoms with Crippen LogP contribution < -0.4 is 63.7 Å². The zero-order valence-electron chi connectivity index (χ0n) is 58.5. The van der Waals surface area contributed by atoms with E-state index in [-0.39, 0.29) is 37.9 Å². The van der Waals surface area contributed by atoms with Gasteiger partial charge in [-0.05, 0) is 146 Å². The third kappa shape index (κ3) is 24.4. The van der Waals surface area contributed by atoms with E-state index in [2.05, 4.69) is 396 Å². The van der Waals surface area contributed by atoms with Gasteiger partial charge in [0, 0.05) is 33.4 Å². The van der Waals surface area contributed by atoms with Gasteiger partial charge in [0.15, 0.2) is 0 Å². The average molecular weight is 1510 g/mol. The number of likely N-dealkylation sites (tertiary alicyclic amines) is 1. The van der Waals surface area contributed by atoms with Gasteiger partial charge in [0.2, 0.25) is 5.91 Å². The molecular weight excluding hydrogens is 1420 g/mol. The Kier molecular flexibility index (Phi) is 32.9. The van der Waals surface area contributed by atoms with Gasteiger partial charge >= 0.3 is 5.97 Å². The normalized spacial score (nSPS) is 12.4. The van der Waals surface area contributed by atoms with Crippen LogP contribution in [0.1, 0.15) is 61.9 Å². The Bertz CT molecular complexity index is 3690. The second kappa shape index (κ2) is 43.6. The Hall–Kier alpha value is -9.34. The summed E-state index contributed by atoms with van der Waals surface area (Å²) in [6.45, 7) is 5.01. The number of nitrogens with zero attached hydrogens (tertiary/aromatic N) is 1. The van der Waals surface area contributed by atoms with E-state index in [0.717, 1.165) is 24.8 Å². The number of carbonyl (C=O) groups is 2. The minimum absolute atomic E-state index is 0. The van der Waals surface area contributed by atoms with Gasteiger partial charge in [0.25, 0.3) is 0 Å². The molecule has 0 radical (unpaired) electrons. The average Bonchev–Trinajstić information content (AvgIpc) is 1.67. The van der Waals surface area contributed by atoms with Crippen LogP contribution in [0.4, 0.5) is 0 Å². The fraction of sp³-hybridized carbons (Fsp3) is 0.106. The summed E-state index contributed by atoms with van der Waals surface area (Å²) in [5.41, 5.74) is 2.71. The van der Waals surface area contributed by atoms with E-state index in [1.807, 2.05) is 17.0 Å². The molecule has 4 nitrogen and oxygen atoms in total. The maximum Gasteiger partial charge on any atom is 0.335 e. The first-order valence-electron chi connectivity index (χ1n) is 35.1. The molecular formula is C94H89NO3P4Pd. The number of carbonyl (C=O) groups excluding carboxylic acids is 1. The standard InChI is InChI=1S/C22H29NO3.4C18H15P.Pd/c1-3-4-6-17(2)7-5-8-20-13-14-21(24)23(20)16-15-18-9-11-19(12-10-18)22(25)26;4*1-4-10-16(11-5-1)19(17-12-6-2-7-13-17)18-14-8-3-9-15-18;/h5,7-12,20H,3-4,6,13-16H2,1-2H3,(H,25,26);4*1-15H;/b8-5-,17-7+;;;;;/t20-;;;;;/m0...../s1. The van der Waals surface area contributed by atoms with Crippen LogP contribution in [-0.4, -0.2) is 34.5 Å². The smallest absolute Gasteiger partial charge is 0.335 e. The number of amides is 1. The number of rotatable bonds is 21. The van der Waals surface area contributed by atoms with E-state index in [1.54, 1.807) is 12.1 Å². The molecule has 1 N–H and O–H groups in total. The molecule has 0 unspecified atom stereocenters. The summed E-state index contributed by atoms with van der Waals surface area (Å²) in [4.78, 5) is 25.0. The van der Waals surface area contributed by atoms with Gasteiger partial charge < -0.3 is 10.0 Å². The predicted molar refractivity (Wildman–Crippen MR) is 445 cm³/mol. The van der Waals surface area contributed by atoms with Crippen LogP contribution in [0.25, 0.3) is 0 Å². The van der Waals surface area contributed by atoms with Crippen LogP contribution in [0.2, 0.25) is 0 Å². The van der Waals surface area contributed by atoms with Gasteiger partial charge in [0.1, 0.15) is 0 Å². The maximum atomic E-state index is 12.2. The third-order valence-electron chi connectivity index (χ3n) is 17.0. The quantitative estimate of drug-likeness (QED) is 0.0443. The van der Waals surface area contributed by atoms with Crippen molar-refractivity contribution in [3.05, 3.63) is 423 Å². The molecule has 0 saturated carbocycles. The van der Waals surface area contributed by atoms with Crippen LogP contribution in [0.5, 0.6) is 0 Å². The maximum absolute atomic E-state index is 12.2. The monoisotopic (exact) mass is 1510 g/mol. The van der Waals surface area contributed by atoms with Crippen LogP contribution in [0.15, 0.2) is 412 Å². The predicted octanol–water partition coefficient (Wildman–Crippen LogP) is 18.4. The first-order valence-corrected chi connectivity index (χ1v) is 40.4. The number of unbranched alkanes of at least 4 members (excludes halogenated alkanes) is 1. The van der Waals surface area contributed by atoms with E-state index in [0.29, 0.717) is 13.0 Å². The van der Waals surface area contributed by atoms with Gasteiger partial charge in [-0.25, -0.2) is 4.79 Å². The Morgan fingerprint density at radius 2 is 0.612 bits per heavy atom. The summed E-state index contributed by atoms with van der Waals surface area (Å²) >= 11 is 0. The van der Waals surface area contributed by atoms with Crippen LogP contribution in [0.3, 0.4) is 0 Å². The molecule has 1 aliphatic heterocycles. The molecule has 1 fully saturated rings. The first-order chi connectivity index (χ1) is 50.3. The Balaban J connectivity index is 0.000000150. The van der Waals surface area contributed by atoms with Gasteiger partial charge in [-0.15, -0.1) is 0 Å². The zero-order valence-corrected chi connectivity index (χ0v) is 63.7. The van der Waals surface area contributed by atoms with Gasteiger partial charge in [-0.1, -0.05) is 413 Å². The fourth-order valence-electron chi connectivity index (χ4n) is 11.9. The third-order valence-corrected chi connectivity index (χ3v) is 26.8. The number of benzene rings is 13. The van der Waals surface area contributed by atoms with Gasteiger partial charge in [-0.2, -0.15) is 0 Å². The van der Waals surface area contributed by atoms with Crippen molar-refractivity contribution < 1.29 is 35.1 Å². The van der Waals surface area contributed by atoms with Crippen molar-refractivity contribution in [2.45, 2.75) is 58.4 Å². The largest absolute Gasteiger partial charge is 0.478 e. The number of hydrogen-bond donors (Lipinski definition) is 1. The van der Waals surface area contributed by atoms with E-state index in [4.69, 9.17) is 5.11 Å². The van der Waals surface area contributed by atoms with Crippen molar-refractivity contribution >= 4 is 107 Å². The molecule has 103 heavy (non-hydrogen) atoms. The summed E-state index contributed by atoms with van der Waals surface area (Å²) < 4.78 is 0. The van der Waals surface area contributed by atoms with Crippen molar-refractivity contribution in [2.75, 3.05) is 6.54 Å². The topological polar surface area (TPSA) is 57.6 Å². The molecule has 1 atom stereocenters. The molecule has 0 spiro atoms. The second-order valence-corrected chi connectivity index (χ2v) is 33.2. The summed E-state index contributed by atoms with van der Waals surface area (Å²) in [6, 6.07) is 136. The number of carboxylic acid groups (broad SMARTS) is 1. The summed E-state index contributed by atoms with van der Waals surface area (Å²) in [5, 5.41) is 25.7. The number of hydrogen-bond acceptors (Lipinski definition) is 2. The molecule has 14 rings (SSSR count). The molecule has 9 heteroatoms. The first kappa shape index (κ1) is 77.8. The second-order valence-electron chi connectivity index (χ2n) is 24.3. The van der Waals surface area contributed by atoms with E-state index in [1.165, 1.54) is 82.1 Å². The summed E-state index contributed by atoms with van der Waals surface area (Å²) in [7, 11) is -1.78. The van der Waals surface area contributed by atoms with Crippen LogP contribution in [-0.2, 0) is 31.6 Å². The van der Waals surface area contributed by atoms with Crippen molar-refractivity contribution in [1.82, 2.24) is 4.90 Å². The van der Waals surface area contributed by atoms with Gasteiger partial charge in [0.05, 0.1) is 11.6 Å². The van der Waals surface area contributed by atoms with Crippen molar-refractivity contribution in [2.24, 2.45) is 0 Å². The summed E-state index contributed by atoms with van der Waals surface area (Å²) in [6.07, 6.45) is 12.1. The number of carboxylic acids is 1. The molecule has 1 saturated heterocycles. The minimum atomic E-state index is -0.918. The van der Waals surface area contributed by atoms with Crippen molar-refractivity contribution in [3.63, 3.8) is 0 Å². The van der Waals surface area contributed by atoms with E-state index in [9.17, 15) is 9.59 Å². The Morgan fingerprint density at radius 1 is 0.379 bits per heavy atom. The fourth-order valence-corrected chi connectivity index (χ4v) is 21.1. The van der Waals surface area contributed by atoms with Crippen LogP contribution >= 0.6 is 31.7 Å². The molecule has 0 aliphatic carbocycles. The SMILES string of the molecule is CCCC/C(C)=C/C=C\[C@H]1CCC(=O)N1CCc1ccc(C(=O)O)cc1.[Pd].c1ccc(P(c2ccccc2)c2ccccc2)cc1.c1ccc(P(c2ccccc2)c2ccccc2)cc1.c1ccc(P(c2ccccc2)c2ccccc2)cc1.c1ccc(P(c2ccccc2)c2ccccc2)cc1. The van der Waals surface area contributed by atoms with E-state index < -0.39 is 37.7 Å². The number of aromatic carboxylic acids is 1. The Labute approximate surface area is 630 Å². The molecule has 0 bridgehead atoms. The van der Waals surface area contributed by atoms with Crippen molar-refractivity contribution in [1.29, 1.82) is 0 Å². The molecule has 518 valence electrons. The number of allylic oxidation sites excluding steroid dienone is 3. The molecule has 13 aromatic carbocycles. The minimum Gasteiger partial charge on any atom is -0.478 e. The Morgan fingerprint density at radius 3 is 0.825 bits per heavy atom. The molecule has 0 aromatic heterocycles. The molecule has 1 amide bonds. The molecule has 1 aliphatic rings. The molecule has 13 aromatic rings.